The van der Waals surface area contributed by atoms with E-state index in [1.165, 1.54) is 10.6 Å². The predicted octanol–water partition coefficient (Wildman–Crippen LogP) is 3.08. The highest BCUT2D eigenvalue weighted by Gasteiger charge is 2.18. The Morgan fingerprint density at radius 3 is 1.95 bits per heavy atom. The van der Waals surface area contributed by atoms with Crippen LogP contribution in [0.5, 0.6) is 0 Å². The van der Waals surface area contributed by atoms with Gasteiger partial charge in [0.05, 0.1) is 11.3 Å². The average molecular weight is 285 g/mol. The molecule has 0 spiro atoms. The van der Waals surface area contributed by atoms with Crippen molar-refractivity contribution in [2.45, 2.75) is 34.6 Å². The summed E-state index contributed by atoms with van der Waals surface area (Å²) in [6.45, 7) is 9.19. The Bertz CT molecular complexity index is 777. The van der Waals surface area contributed by atoms with Crippen molar-refractivity contribution in [2.24, 2.45) is 0 Å². The van der Waals surface area contributed by atoms with Gasteiger partial charge in [-0.05, 0) is 51.3 Å². The summed E-state index contributed by atoms with van der Waals surface area (Å²) < 4.78 is 1.50. The Labute approximate surface area is 123 Å². The third-order valence-corrected chi connectivity index (χ3v) is 3.72. The number of carboxylic acids is 1. The van der Waals surface area contributed by atoms with E-state index in [1.807, 2.05) is 32.9 Å². The van der Waals surface area contributed by atoms with Gasteiger partial charge >= 0.3 is 5.97 Å². The monoisotopic (exact) mass is 285 g/mol. The molecule has 0 amide bonds. The van der Waals surface area contributed by atoms with Gasteiger partial charge in [0.15, 0.2) is 0 Å². The number of carbonyl (C=O) groups is 1. The molecule has 0 aliphatic heterocycles. The summed E-state index contributed by atoms with van der Waals surface area (Å²) in [5.41, 5.74) is 4.73. The summed E-state index contributed by atoms with van der Waals surface area (Å²) >= 11 is 0. The highest BCUT2D eigenvalue weighted by atomic mass is 16.4. The fourth-order valence-corrected chi connectivity index (χ4v) is 3.01. The number of carboxylic acid groups (broad SMARTS) is 1. The predicted molar refractivity (Wildman–Crippen MR) is 82.7 cm³/mol. The first kappa shape index (κ1) is 15.0. The molecular formula is C17H19NO3. The maximum absolute atomic E-state index is 12.4. The Morgan fingerprint density at radius 2 is 1.48 bits per heavy atom. The van der Waals surface area contributed by atoms with E-state index < -0.39 is 5.97 Å². The zero-order valence-corrected chi connectivity index (χ0v) is 12.9. The van der Waals surface area contributed by atoms with Crippen LogP contribution in [-0.4, -0.2) is 15.6 Å². The van der Waals surface area contributed by atoms with E-state index in [0.29, 0.717) is 11.3 Å². The van der Waals surface area contributed by atoms with Crippen LogP contribution in [0, 0.1) is 34.6 Å². The van der Waals surface area contributed by atoms with Crippen molar-refractivity contribution < 1.29 is 9.90 Å². The van der Waals surface area contributed by atoms with Crippen LogP contribution in [0.15, 0.2) is 23.0 Å². The Hall–Kier alpha value is -2.36. The van der Waals surface area contributed by atoms with Crippen LogP contribution < -0.4 is 5.56 Å². The molecule has 1 N–H and O–H groups in total. The second-order valence-corrected chi connectivity index (χ2v) is 5.51. The van der Waals surface area contributed by atoms with Crippen molar-refractivity contribution in [3.63, 3.8) is 0 Å². The van der Waals surface area contributed by atoms with Crippen molar-refractivity contribution >= 4 is 5.97 Å². The Balaban J connectivity index is 2.92. The number of benzene rings is 1. The maximum atomic E-state index is 12.4. The first-order chi connectivity index (χ1) is 9.73. The number of aromatic nitrogens is 1. The molecule has 4 heteroatoms. The molecule has 0 fully saturated rings. The van der Waals surface area contributed by atoms with E-state index in [2.05, 4.69) is 0 Å². The number of hydrogen-bond acceptors (Lipinski definition) is 2. The summed E-state index contributed by atoms with van der Waals surface area (Å²) in [7, 11) is 0. The highest BCUT2D eigenvalue weighted by molar-refractivity contribution is 5.90. The van der Waals surface area contributed by atoms with Gasteiger partial charge in [-0.3, -0.25) is 9.36 Å². The minimum absolute atomic E-state index is 0.189. The van der Waals surface area contributed by atoms with E-state index in [1.54, 1.807) is 13.8 Å². The molecule has 0 bridgehead atoms. The molecule has 1 aromatic heterocycles. The SMILES string of the molecule is Cc1cc(C)c(-n2c(C)c(C(=O)O)c(C)cc2=O)c(C)c1. The molecule has 2 rings (SSSR count). The Morgan fingerprint density at radius 1 is 0.952 bits per heavy atom. The first-order valence-electron chi connectivity index (χ1n) is 6.78. The molecule has 0 saturated carbocycles. The number of nitrogens with zero attached hydrogens (tertiary/aromatic N) is 1. The molecule has 0 unspecified atom stereocenters. The van der Waals surface area contributed by atoms with Gasteiger partial charge < -0.3 is 5.11 Å². The zero-order valence-electron chi connectivity index (χ0n) is 12.9. The fourth-order valence-electron chi connectivity index (χ4n) is 3.01. The molecule has 0 aliphatic carbocycles. The van der Waals surface area contributed by atoms with Crippen LogP contribution in [0.25, 0.3) is 5.69 Å². The molecule has 1 heterocycles. The van der Waals surface area contributed by atoms with Gasteiger partial charge in [0, 0.05) is 11.8 Å². The minimum atomic E-state index is -1.01. The lowest BCUT2D eigenvalue weighted by Gasteiger charge is -2.18. The number of rotatable bonds is 2. The van der Waals surface area contributed by atoms with Crippen LogP contribution in [0.4, 0.5) is 0 Å². The lowest BCUT2D eigenvalue weighted by molar-refractivity contribution is 0.0694. The molecule has 1 aromatic carbocycles. The van der Waals surface area contributed by atoms with Crippen molar-refractivity contribution in [3.05, 3.63) is 62.1 Å². The molecule has 4 nitrogen and oxygen atoms in total. The second-order valence-electron chi connectivity index (χ2n) is 5.51. The average Bonchev–Trinajstić information content (AvgIpc) is 2.30. The zero-order chi connectivity index (χ0) is 15.9. The van der Waals surface area contributed by atoms with E-state index in [9.17, 15) is 14.7 Å². The lowest BCUT2D eigenvalue weighted by Crippen LogP contribution is -2.25. The third-order valence-electron chi connectivity index (χ3n) is 3.72. The van der Waals surface area contributed by atoms with E-state index in [4.69, 9.17) is 0 Å². The number of aryl methyl sites for hydroxylation is 4. The van der Waals surface area contributed by atoms with Gasteiger partial charge in [0.25, 0.3) is 5.56 Å². The molecule has 0 atom stereocenters. The van der Waals surface area contributed by atoms with Gasteiger partial charge in [-0.15, -0.1) is 0 Å². The fraction of sp³-hybridized carbons (Fsp3) is 0.294. The summed E-state index contributed by atoms with van der Waals surface area (Å²) in [4.78, 5) is 23.8. The van der Waals surface area contributed by atoms with Crippen molar-refractivity contribution in [1.82, 2.24) is 4.57 Å². The smallest absolute Gasteiger partial charge is 0.337 e. The molecular weight excluding hydrogens is 266 g/mol. The second kappa shape index (κ2) is 5.20. The van der Waals surface area contributed by atoms with Gasteiger partial charge in [0.1, 0.15) is 0 Å². The van der Waals surface area contributed by atoms with E-state index in [-0.39, 0.29) is 11.1 Å². The van der Waals surface area contributed by atoms with Gasteiger partial charge in [0.2, 0.25) is 0 Å². The summed E-state index contributed by atoms with van der Waals surface area (Å²) in [5, 5.41) is 9.38. The number of hydrogen-bond donors (Lipinski definition) is 1. The largest absolute Gasteiger partial charge is 0.478 e. The Kier molecular flexibility index (Phi) is 3.73. The van der Waals surface area contributed by atoms with E-state index in [0.717, 1.165) is 22.4 Å². The number of pyridine rings is 1. The van der Waals surface area contributed by atoms with Crippen LogP contribution in [0.1, 0.15) is 38.3 Å². The van der Waals surface area contributed by atoms with Crippen LogP contribution in [0.3, 0.4) is 0 Å². The third kappa shape index (κ3) is 2.49. The summed E-state index contributed by atoms with van der Waals surface area (Å²) in [5.74, 6) is -1.01. The van der Waals surface area contributed by atoms with Crippen LogP contribution in [-0.2, 0) is 0 Å². The van der Waals surface area contributed by atoms with Crippen molar-refractivity contribution in [3.8, 4) is 5.69 Å². The van der Waals surface area contributed by atoms with Gasteiger partial charge in [-0.25, -0.2) is 4.79 Å². The van der Waals surface area contributed by atoms with Crippen molar-refractivity contribution in [1.29, 1.82) is 0 Å². The molecule has 0 saturated heterocycles. The molecule has 110 valence electrons. The standard InChI is InChI=1S/C17H19NO3/c1-9-6-11(3)16(12(4)7-9)18-13(5)15(17(20)21)10(2)8-14(18)19/h6-8H,1-5H3,(H,20,21). The maximum Gasteiger partial charge on any atom is 0.337 e. The normalized spacial score (nSPS) is 10.7. The summed E-state index contributed by atoms with van der Waals surface area (Å²) in [6.07, 6.45) is 0. The lowest BCUT2D eigenvalue weighted by atomic mass is 10.0. The minimum Gasteiger partial charge on any atom is -0.478 e. The van der Waals surface area contributed by atoms with Crippen LogP contribution in [0.2, 0.25) is 0 Å². The molecule has 2 aromatic rings. The highest BCUT2D eigenvalue weighted by Crippen LogP contribution is 2.23. The molecule has 0 aliphatic rings. The quantitative estimate of drug-likeness (QED) is 0.922. The topological polar surface area (TPSA) is 59.3 Å². The molecule has 21 heavy (non-hydrogen) atoms. The van der Waals surface area contributed by atoms with Crippen LogP contribution >= 0.6 is 0 Å². The summed E-state index contributed by atoms with van der Waals surface area (Å²) in [6, 6.07) is 5.37. The molecule has 0 radical (unpaired) electrons. The van der Waals surface area contributed by atoms with Crippen molar-refractivity contribution in [2.75, 3.05) is 0 Å². The van der Waals surface area contributed by atoms with Gasteiger partial charge in [-0.2, -0.15) is 0 Å². The first-order valence-corrected chi connectivity index (χ1v) is 6.78. The number of aromatic carboxylic acids is 1. The van der Waals surface area contributed by atoms with Gasteiger partial charge in [-0.1, -0.05) is 17.7 Å². The van der Waals surface area contributed by atoms with E-state index >= 15 is 0 Å².